The second-order valence-electron chi connectivity index (χ2n) is 4.04. The van der Waals surface area contributed by atoms with Crippen molar-refractivity contribution in [3.8, 4) is 0 Å². The zero-order chi connectivity index (χ0) is 9.23. The molecule has 0 saturated carbocycles. The normalized spacial score (nSPS) is 14.3. The Morgan fingerprint density at radius 2 is 1.55 bits per heavy atom. The zero-order valence-corrected chi connectivity index (χ0v) is 8.28. The number of allylic oxidation sites excluding steroid dienone is 3. The summed E-state index contributed by atoms with van der Waals surface area (Å²) < 4.78 is 0. The van der Waals surface area contributed by atoms with Crippen molar-refractivity contribution in [2.75, 3.05) is 0 Å². The van der Waals surface area contributed by atoms with Crippen LogP contribution in [0.3, 0.4) is 0 Å². The summed E-state index contributed by atoms with van der Waals surface area (Å²) in [4.78, 5) is 0. The van der Waals surface area contributed by atoms with Crippen LogP contribution in [0.2, 0.25) is 0 Å². The maximum absolute atomic E-state index is 5.65. The first-order valence-electron chi connectivity index (χ1n) is 3.89. The van der Waals surface area contributed by atoms with E-state index in [1.807, 2.05) is 13.8 Å². The molecule has 0 rings (SSSR count). The summed E-state index contributed by atoms with van der Waals surface area (Å²) in [5.74, 6) is 0. The fraction of sp³-hybridized carbons (Fsp3) is 0.600. The first-order valence-corrected chi connectivity index (χ1v) is 3.89. The molecule has 0 aliphatic heterocycles. The van der Waals surface area contributed by atoms with Gasteiger partial charge in [0.2, 0.25) is 0 Å². The molecule has 0 fully saturated rings. The standard InChI is InChI=1S/C10H17B/c1-7(9(3)11)8(2)10(4,5)6/h2H2,1,3-6H3/b9-7+. The van der Waals surface area contributed by atoms with Crippen molar-refractivity contribution >= 4 is 7.85 Å². The first kappa shape index (κ1) is 10.5. The molecule has 0 N–H and O–H groups in total. The quantitative estimate of drug-likeness (QED) is 0.396. The van der Waals surface area contributed by atoms with Gasteiger partial charge in [-0.1, -0.05) is 39.8 Å². The third kappa shape index (κ3) is 2.96. The van der Waals surface area contributed by atoms with Crippen molar-refractivity contribution in [3.05, 3.63) is 23.2 Å². The molecule has 0 unspecified atom stereocenters. The lowest BCUT2D eigenvalue weighted by Crippen LogP contribution is -2.10. The summed E-state index contributed by atoms with van der Waals surface area (Å²) in [6.07, 6.45) is 0. The highest BCUT2D eigenvalue weighted by Gasteiger charge is 2.15. The van der Waals surface area contributed by atoms with Crippen molar-refractivity contribution in [3.63, 3.8) is 0 Å². The summed E-state index contributed by atoms with van der Waals surface area (Å²) in [5, 5.41) is 0. The molecule has 0 atom stereocenters. The predicted molar refractivity (Wildman–Crippen MR) is 52.7 cm³/mol. The zero-order valence-electron chi connectivity index (χ0n) is 8.28. The van der Waals surface area contributed by atoms with Gasteiger partial charge in [0.25, 0.3) is 0 Å². The van der Waals surface area contributed by atoms with Crippen molar-refractivity contribution in [2.24, 2.45) is 5.41 Å². The minimum absolute atomic E-state index is 0.130. The van der Waals surface area contributed by atoms with E-state index in [0.717, 1.165) is 16.6 Å². The molecule has 11 heavy (non-hydrogen) atoms. The molecule has 0 bridgehead atoms. The molecular weight excluding hydrogens is 131 g/mol. The molecule has 0 heterocycles. The van der Waals surface area contributed by atoms with Crippen LogP contribution in [0.4, 0.5) is 0 Å². The van der Waals surface area contributed by atoms with Crippen molar-refractivity contribution in [1.29, 1.82) is 0 Å². The fourth-order valence-corrected chi connectivity index (χ4v) is 0.801. The Bertz CT molecular complexity index is 187. The molecule has 0 aromatic carbocycles. The van der Waals surface area contributed by atoms with Crippen LogP contribution in [0.25, 0.3) is 0 Å². The van der Waals surface area contributed by atoms with Crippen LogP contribution in [0.1, 0.15) is 34.6 Å². The van der Waals surface area contributed by atoms with Crippen LogP contribution >= 0.6 is 0 Å². The van der Waals surface area contributed by atoms with Crippen LogP contribution in [-0.4, -0.2) is 7.85 Å². The van der Waals surface area contributed by atoms with Crippen molar-refractivity contribution in [2.45, 2.75) is 34.6 Å². The van der Waals surface area contributed by atoms with Gasteiger partial charge in [-0.3, -0.25) is 0 Å². The topological polar surface area (TPSA) is 0 Å². The van der Waals surface area contributed by atoms with Gasteiger partial charge in [0.15, 0.2) is 0 Å². The predicted octanol–water partition coefficient (Wildman–Crippen LogP) is 3.05. The summed E-state index contributed by atoms with van der Waals surface area (Å²) in [7, 11) is 5.65. The van der Waals surface area contributed by atoms with Crippen LogP contribution in [0, 0.1) is 5.41 Å². The minimum atomic E-state index is 0.130. The van der Waals surface area contributed by atoms with Gasteiger partial charge in [0.1, 0.15) is 7.85 Å². The van der Waals surface area contributed by atoms with E-state index in [0.29, 0.717) is 0 Å². The molecule has 2 radical (unpaired) electrons. The van der Waals surface area contributed by atoms with Gasteiger partial charge in [0.05, 0.1) is 0 Å². The molecule has 0 nitrogen and oxygen atoms in total. The average Bonchev–Trinajstić information content (AvgIpc) is 1.82. The molecule has 0 amide bonds. The fourth-order valence-electron chi connectivity index (χ4n) is 0.801. The maximum Gasteiger partial charge on any atom is 0.107 e. The highest BCUT2D eigenvalue weighted by molar-refractivity contribution is 6.21. The van der Waals surface area contributed by atoms with E-state index < -0.39 is 0 Å². The number of hydrogen-bond donors (Lipinski definition) is 0. The van der Waals surface area contributed by atoms with Gasteiger partial charge < -0.3 is 0 Å². The van der Waals surface area contributed by atoms with E-state index in [1.54, 1.807) is 0 Å². The first-order chi connectivity index (χ1) is 4.76. The van der Waals surface area contributed by atoms with Gasteiger partial charge in [0, 0.05) is 0 Å². The Hall–Kier alpha value is -0.455. The minimum Gasteiger partial charge on any atom is -0.118 e. The summed E-state index contributed by atoms with van der Waals surface area (Å²) in [5.41, 5.74) is 3.24. The Morgan fingerprint density at radius 3 is 1.64 bits per heavy atom. The van der Waals surface area contributed by atoms with Gasteiger partial charge in [-0.15, -0.1) is 5.47 Å². The van der Waals surface area contributed by atoms with E-state index in [1.165, 1.54) is 0 Å². The highest BCUT2D eigenvalue weighted by Crippen LogP contribution is 2.30. The second-order valence-corrected chi connectivity index (χ2v) is 4.04. The van der Waals surface area contributed by atoms with E-state index in [2.05, 4.69) is 27.4 Å². The van der Waals surface area contributed by atoms with Crippen molar-refractivity contribution in [1.82, 2.24) is 0 Å². The molecule has 0 aliphatic carbocycles. The van der Waals surface area contributed by atoms with Gasteiger partial charge in [-0.25, -0.2) is 0 Å². The molecule has 60 valence electrons. The summed E-state index contributed by atoms with van der Waals surface area (Å²) >= 11 is 0. The van der Waals surface area contributed by atoms with Crippen LogP contribution in [0.15, 0.2) is 23.2 Å². The van der Waals surface area contributed by atoms with E-state index >= 15 is 0 Å². The Labute approximate surface area is 71.8 Å². The third-order valence-electron chi connectivity index (χ3n) is 1.95. The Balaban J connectivity index is 4.67. The average molecular weight is 148 g/mol. The van der Waals surface area contributed by atoms with E-state index in [4.69, 9.17) is 7.85 Å². The lowest BCUT2D eigenvalue weighted by molar-refractivity contribution is 0.512. The SMILES string of the molecule is [B]/C(C)=C(\C)C(=C)C(C)(C)C. The van der Waals surface area contributed by atoms with Gasteiger partial charge in [-0.2, -0.15) is 0 Å². The van der Waals surface area contributed by atoms with E-state index in [-0.39, 0.29) is 5.41 Å². The van der Waals surface area contributed by atoms with Crippen molar-refractivity contribution < 1.29 is 0 Å². The summed E-state index contributed by atoms with van der Waals surface area (Å²) in [6, 6.07) is 0. The monoisotopic (exact) mass is 148 g/mol. The number of hydrogen-bond acceptors (Lipinski definition) is 0. The molecule has 0 spiro atoms. The van der Waals surface area contributed by atoms with Crippen LogP contribution < -0.4 is 0 Å². The molecule has 0 aromatic heterocycles. The second kappa shape index (κ2) is 3.29. The highest BCUT2D eigenvalue weighted by atomic mass is 14.2. The molecular formula is C10H17B. The lowest BCUT2D eigenvalue weighted by Gasteiger charge is -2.23. The van der Waals surface area contributed by atoms with Gasteiger partial charge >= 0.3 is 0 Å². The van der Waals surface area contributed by atoms with Gasteiger partial charge in [-0.05, 0) is 17.9 Å². The Morgan fingerprint density at radius 1 is 1.18 bits per heavy atom. The largest absolute Gasteiger partial charge is 0.118 e. The van der Waals surface area contributed by atoms with Crippen LogP contribution in [0.5, 0.6) is 0 Å². The van der Waals surface area contributed by atoms with Crippen LogP contribution in [-0.2, 0) is 0 Å². The smallest absolute Gasteiger partial charge is 0.107 e. The number of rotatable bonds is 1. The third-order valence-corrected chi connectivity index (χ3v) is 1.95. The lowest BCUT2D eigenvalue weighted by atomic mass is 9.79. The molecule has 0 aliphatic rings. The Kier molecular flexibility index (Phi) is 3.16. The van der Waals surface area contributed by atoms with E-state index in [9.17, 15) is 0 Å². The maximum atomic E-state index is 5.65. The summed E-state index contributed by atoms with van der Waals surface area (Å²) in [6.45, 7) is 14.4. The molecule has 0 saturated heterocycles. The molecule has 1 heteroatoms. The molecule has 0 aromatic rings.